The van der Waals surface area contributed by atoms with Crippen molar-refractivity contribution in [2.75, 3.05) is 19.8 Å². The van der Waals surface area contributed by atoms with Crippen molar-refractivity contribution in [3.05, 3.63) is 35.9 Å². The van der Waals surface area contributed by atoms with Gasteiger partial charge in [0.15, 0.2) is 0 Å². The second-order valence-electron chi connectivity index (χ2n) is 4.43. The van der Waals surface area contributed by atoms with Crippen LogP contribution >= 0.6 is 0 Å². The van der Waals surface area contributed by atoms with Crippen molar-refractivity contribution < 1.29 is 14.6 Å². The lowest BCUT2D eigenvalue weighted by Gasteiger charge is -2.13. The molecule has 0 saturated carbocycles. The maximum absolute atomic E-state index is 9.90. The summed E-state index contributed by atoms with van der Waals surface area (Å²) in [6, 6.07) is 9.69. The fourth-order valence-electron chi connectivity index (χ4n) is 2.03. The van der Waals surface area contributed by atoms with Gasteiger partial charge in [0.25, 0.3) is 0 Å². The van der Waals surface area contributed by atoms with Gasteiger partial charge in [0.05, 0.1) is 18.8 Å². The van der Waals surface area contributed by atoms with Crippen LogP contribution in [-0.2, 0) is 9.47 Å². The fourth-order valence-corrected chi connectivity index (χ4v) is 2.03. The summed E-state index contributed by atoms with van der Waals surface area (Å²) in [4.78, 5) is 0. The summed E-state index contributed by atoms with van der Waals surface area (Å²) >= 11 is 0. The molecule has 17 heavy (non-hydrogen) atoms. The minimum absolute atomic E-state index is 0.267. The van der Waals surface area contributed by atoms with Crippen LogP contribution in [0.2, 0.25) is 0 Å². The minimum Gasteiger partial charge on any atom is -0.388 e. The maximum Gasteiger partial charge on any atom is 0.0812 e. The van der Waals surface area contributed by atoms with E-state index in [9.17, 15) is 5.11 Å². The lowest BCUT2D eigenvalue weighted by atomic mass is 10.1. The molecule has 0 amide bonds. The van der Waals surface area contributed by atoms with Crippen LogP contribution in [0.4, 0.5) is 0 Å². The van der Waals surface area contributed by atoms with Crippen molar-refractivity contribution in [1.29, 1.82) is 0 Å². The number of aliphatic hydroxyl groups is 1. The number of rotatable bonds is 6. The first-order valence-corrected chi connectivity index (χ1v) is 6.28. The van der Waals surface area contributed by atoms with Gasteiger partial charge < -0.3 is 14.6 Å². The molecule has 1 fully saturated rings. The third-order valence-corrected chi connectivity index (χ3v) is 3.05. The second-order valence-corrected chi connectivity index (χ2v) is 4.43. The molecule has 2 rings (SSSR count). The number of benzene rings is 1. The molecular formula is C14H20O3. The van der Waals surface area contributed by atoms with Gasteiger partial charge in [0.1, 0.15) is 0 Å². The van der Waals surface area contributed by atoms with E-state index in [0.29, 0.717) is 19.6 Å². The Bertz CT molecular complexity index is 307. The molecule has 0 bridgehead atoms. The van der Waals surface area contributed by atoms with Crippen molar-refractivity contribution in [2.24, 2.45) is 0 Å². The molecule has 2 unspecified atom stereocenters. The van der Waals surface area contributed by atoms with Crippen LogP contribution in [0.1, 0.15) is 30.9 Å². The molecule has 0 radical (unpaired) electrons. The van der Waals surface area contributed by atoms with Gasteiger partial charge in [-0.15, -0.1) is 0 Å². The van der Waals surface area contributed by atoms with Crippen LogP contribution in [0, 0.1) is 0 Å². The smallest absolute Gasteiger partial charge is 0.0812 e. The molecule has 3 nitrogen and oxygen atoms in total. The van der Waals surface area contributed by atoms with Crippen LogP contribution in [0.25, 0.3) is 0 Å². The molecule has 1 saturated heterocycles. The normalized spacial score (nSPS) is 21.6. The molecule has 3 heteroatoms. The summed E-state index contributed by atoms with van der Waals surface area (Å²) in [5.74, 6) is 0. The van der Waals surface area contributed by atoms with Crippen molar-refractivity contribution in [3.8, 4) is 0 Å². The fraction of sp³-hybridized carbons (Fsp3) is 0.571. The topological polar surface area (TPSA) is 38.7 Å². The van der Waals surface area contributed by atoms with E-state index in [4.69, 9.17) is 9.47 Å². The molecule has 94 valence electrons. The second kappa shape index (κ2) is 6.74. The van der Waals surface area contributed by atoms with E-state index in [2.05, 4.69) is 0 Å². The van der Waals surface area contributed by atoms with E-state index in [1.54, 1.807) is 0 Å². The Morgan fingerprint density at radius 1 is 1.35 bits per heavy atom. The zero-order valence-corrected chi connectivity index (χ0v) is 10.0. The molecule has 1 aliphatic heterocycles. The summed E-state index contributed by atoms with van der Waals surface area (Å²) in [6.07, 6.45) is 2.71. The average Bonchev–Trinajstić information content (AvgIpc) is 2.88. The summed E-state index contributed by atoms with van der Waals surface area (Å²) in [7, 11) is 0. The largest absolute Gasteiger partial charge is 0.388 e. The molecule has 2 atom stereocenters. The van der Waals surface area contributed by atoms with E-state index in [1.165, 1.54) is 0 Å². The first-order chi connectivity index (χ1) is 8.36. The summed E-state index contributed by atoms with van der Waals surface area (Å²) in [5.41, 5.74) is 0.952. The van der Waals surface area contributed by atoms with Gasteiger partial charge in [0.2, 0.25) is 0 Å². The van der Waals surface area contributed by atoms with Gasteiger partial charge in [-0.05, 0) is 18.4 Å². The van der Waals surface area contributed by atoms with Gasteiger partial charge in [-0.3, -0.25) is 0 Å². The highest BCUT2D eigenvalue weighted by Crippen LogP contribution is 2.16. The first kappa shape index (κ1) is 12.6. The quantitative estimate of drug-likeness (QED) is 0.770. The maximum atomic E-state index is 9.90. The molecule has 1 aromatic rings. The Balaban J connectivity index is 1.61. The zero-order valence-electron chi connectivity index (χ0n) is 10.0. The van der Waals surface area contributed by atoms with Crippen LogP contribution in [0.15, 0.2) is 30.3 Å². The van der Waals surface area contributed by atoms with Crippen molar-refractivity contribution >= 4 is 0 Å². The highest BCUT2D eigenvalue weighted by atomic mass is 16.5. The molecule has 1 aliphatic rings. The van der Waals surface area contributed by atoms with Crippen LogP contribution < -0.4 is 0 Å². The van der Waals surface area contributed by atoms with E-state index < -0.39 is 6.10 Å². The van der Waals surface area contributed by atoms with E-state index in [0.717, 1.165) is 25.0 Å². The van der Waals surface area contributed by atoms with E-state index >= 15 is 0 Å². The summed E-state index contributed by atoms with van der Waals surface area (Å²) in [6.45, 7) is 2.10. The van der Waals surface area contributed by atoms with Gasteiger partial charge >= 0.3 is 0 Å². The Labute approximate surface area is 102 Å². The lowest BCUT2D eigenvalue weighted by Crippen LogP contribution is -2.15. The van der Waals surface area contributed by atoms with Gasteiger partial charge in [-0.1, -0.05) is 30.3 Å². The predicted octanol–water partition coefficient (Wildman–Crippen LogP) is 2.31. The molecule has 1 heterocycles. The summed E-state index contributed by atoms with van der Waals surface area (Å²) in [5, 5.41) is 9.90. The zero-order chi connectivity index (χ0) is 11.9. The van der Waals surface area contributed by atoms with Gasteiger partial charge in [-0.2, -0.15) is 0 Å². The van der Waals surface area contributed by atoms with Crippen LogP contribution in [0.3, 0.4) is 0 Å². The minimum atomic E-state index is -0.430. The highest BCUT2D eigenvalue weighted by molar-refractivity contribution is 5.16. The van der Waals surface area contributed by atoms with Crippen LogP contribution in [-0.4, -0.2) is 31.0 Å². The third-order valence-electron chi connectivity index (χ3n) is 3.05. The monoisotopic (exact) mass is 236 g/mol. The third kappa shape index (κ3) is 4.11. The van der Waals surface area contributed by atoms with E-state index in [-0.39, 0.29) is 6.10 Å². The molecule has 1 N–H and O–H groups in total. The average molecular weight is 236 g/mol. The molecule has 0 aromatic heterocycles. The number of hydrogen-bond acceptors (Lipinski definition) is 3. The molecule has 0 spiro atoms. The summed E-state index contributed by atoms with van der Waals surface area (Å²) < 4.78 is 11.0. The Kier molecular flexibility index (Phi) is 4.98. The SMILES string of the molecule is OC(CCOCC1CCCO1)c1ccccc1. The number of aliphatic hydroxyl groups excluding tert-OH is 1. The van der Waals surface area contributed by atoms with Crippen molar-refractivity contribution in [1.82, 2.24) is 0 Å². The highest BCUT2D eigenvalue weighted by Gasteiger charge is 2.15. The van der Waals surface area contributed by atoms with Crippen molar-refractivity contribution in [3.63, 3.8) is 0 Å². The Hall–Kier alpha value is -0.900. The molecule has 1 aromatic carbocycles. The van der Waals surface area contributed by atoms with Gasteiger partial charge in [0, 0.05) is 19.6 Å². The predicted molar refractivity (Wildman–Crippen MR) is 65.8 cm³/mol. The molecular weight excluding hydrogens is 216 g/mol. The van der Waals surface area contributed by atoms with Gasteiger partial charge in [-0.25, -0.2) is 0 Å². The standard InChI is InChI=1S/C14H20O3/c15-14(12-5-2-1-3-6-12)8-10-16-11-13-7-4-9-17-13/h1-3,5-6,13-15H,4,7-11H2. The molecule has 0 aliphatic carbocycles. The number of ether oxygens (including phenoxy) is 2. The lowest BCUT2D eigenvalue weighted by molar-refractivity contribution is 0.00604. The van der Waals surface area contributed by atoms with Crippen molar-refractivity contribution in [2.45, 2.75) is 31.5 Å². The Morgan fingerprint density at radius 2 is 2.18 bits per heavy atom. The number of hydrogen-bond donors (Lipinski definition) is 1. The first-order valence-electron chi connectivity index (χ1n) is 6.28. The Morgan fingerprint density at radius 3 is 2.88 bits per heavy atom. The van der Waals surface area contributed by atoms with E-state index in [1.807, 2.05) is 30.3 Å². The van der Waals surface area contributed by atoms with Crippen LogP contribution in [0.5, 0.6) is 0 Å².